The number of benzene rings is 1. The number of carbonyl (C=O) groups excluding carboxylic acids is 1. The molecule has 0 saturated carbocycles. The lowest BCUT2D eigenvalue weighted by Gasteiger charge is -2.07. The van der Waals surface area contributed by atoms with Gasteiger partial charge in [-0.15, -0.1) is 11.3 Å². The number of aromatic nitrogens is 3. The van der Waals surface area contributed by atoms with Crippen molar-refractivity contribution in [2.45, 2.75) is 20.0 Å². The Morgan fingerprint density at radius 1 is 1.19 bits per heavy atom. The molecule has 0 aliphatic heterocycles. The zero-order valence-corrected chi connectivity index (χ0v) is 15.5. The van der Waals surface area contributed by atoms with Gasteiger partial charge in [0.05, 0.1) is 18.3 Å². The second kappa shape index (κ2) is 6.80. The third-order valence-corrected chi connectivity index (χ3v) is 5.67. The third kappa shape index (κ3) is 3.04. The standard InChI is InChI=1S/C20H19N3O2S/c1-14-11-16-12-18(19(24)15-3-5-17(25-2)6-4-15)26-20(16)23(14)10-9-22-8-7-21-13-22/h3-8,11-13H,9-10H2,1-2H3. The zero-order valence-electron chi connectivity index (χ0n) is 14.7. The monoisotopic (exact) mass is 365 g/mol. The van der Waals surface area contributed by atoms with Crippen molar-refractivity contribution in [3.05, 3.63) is 71.3 Å². The Bertz CT molecular complexity index is 1040. The van der Waals surface area contributed by atoms with Crippen LogP contribution in [0.1, 0.15) is 20.9 Å². The average Bonchev–Trinajstić information content (AvgIpc) is 3.36. The number of hydrogen-bond donors (Lipinski definition) is 0. The minimum Gasteiger partial charge on any atom is -0.497 e. The minimum atomic E-state index is 0.0488. The van der Waals surface area contributed by atoms with Gasteiger partial charge in [-0.1, -0.05) is 0 Å². The van der Waals surface area contributed by atoms with Gasteiger partial charge >= 0.3 is 0 Å². The van der Waals surface area contributed by atoms with Crippen LogP contribution in [0.15, 0.2) is 55.1 Å². The summed E-state index contributed by atoms with van der Waals surface area (Å²) in [5, 5.41) is 1.12. The molecule has 0 bridgehead atoms. The summed E-state index contributed by atoms with van der Waals surface area (Å²) in [4.78, 5) is 18.8. The van der Waals surface area contributed by atoms with Crippen LogP contribution < -0.4 is 4.74 Å². The number of thiophene rings is 1. The van der Waals surface area contributed by atoms with Crippen LogP contribution in [-0.2, 0) is 13.1 Å². The number of ether oxygens (including phenoxy) is 1. The Morgan fingerprint density at radius 3 is 2.69 bits per heavy atom. The molecule has 0 aliphatic rings. The van der Waals surface area contributed by atoms with E-state index in [2.05, 4.69) is 27.1 Å². The number of aryl methyl sites for hydroxylation is 3. The summed E-state index contributed by atoms with van der Waals surface area (Å²) in [5.41, 5.74) is 1.88. The van der Waals surface area contributed by atoms with Gasteiger partial charge < -0.3 is 13.9 Å². The highest BCUT2D eigenvalue weighted by Gasteiger charge is 2.16. The number of ketones is 1. The third-order valence-electron chi connectivity index (χ3n) is 4.49. The molecule has 1 aromatic carbocycles. The van der Waals surface area contributed by atoms with Crippen LogP contribution in [0, 0.1) is 6.92 Å². The smallest absolute Gasteiger partial charge is 0.203 e. The maximum absolute atomic E-state index is 12.8. The van der Waals surface area contributed by atoms with Crippen molar-refractivity contribution in [3.8, 4) is 5.75 Å². The summed E-state index contributed by atoms with van der Waals surface area (Å²) in [6, 6.07) is 11.4. The second-order valence-electron chi connectivity index (χ2n) is 6.17. The highest BCUT2D eigenvalue weighted by Crippen LogP contribution is 2.31. The number of imidazole rings is 1. The number of nitrogens with zero attached hydrogens (tertiary/aromatic N) is 3. The van der Waals surface area contributed by atoms with Crippen molar-refractivity contribution in [2.75, 3.05) is 7.11 Å². The van der Waals surface area contributed by atoms with E-state index >= 15 is 0 Å². The van der Waals surface area contributed by atoms with E-state index in [1.54, 1.807) is 24.6 Å². The molecule has 0 spiro atoms. The van der Waals surface area contributed by atoms with Crippen LogP contribution in [0.25, 0.3) is 10.2 Å². The van der Waals surface area contributed by atoms with Gasteiger partial charge in [0.25, 0.3) is 0 Å². The Kier molecular flexibility index (Phi) is 4.34. The maximum atomic E-state index is 12.8. The lowest BCUT2D eigenvalue weighted by Crippen LogP contribution is -2.06. The molecule has 6 heteroatoms. The maximum Gasteiger partial charge on any atom is 0.203 e. The van der Waals surface area contributed by atoms with E-state index in [4.69, 9.17) is 4.74 Å². The van der Waals surface area contributed by atoms with E-state index in [0.29, 0.717) is 5.56 Å². The summed E-state index contributed by atoms with van der Waals surface area (Å²) in [6.45, 7) is 3.80. The number of methoxy groups -OCH3 is 1. The van der Waals surface area contributed by atoms with Crippen LogP contribution >= 0.6 is 11.3 Å². The van der Waals surface area contributed by atoms with Gasteiger partial charge in [-0.05, 0) is 43.3 Å². The Morgan fingerprint density at radius 2 is 2.00 bits per heavy atom. The number of hydrogen-bond acceptors (Lipinski definition) is 4. The van der Waals surface area contributed by atoms with E-state index < -0.39 is 0 Å². The Labute approximate surface area is 155 Å². The number of rotatable bonds is 6. The fourth-order valence-corrected chi connectivity index (χ4v) is 4.27. The molecule has 3 heterocycles. The van der Waals surface area contributed by atoms with Crippen LogP contribution in [0.4, 0.5) is 0 Å². The fourth-order valence-electron chi connectivity index (χ4n) is 3.08. The van der Waals surface area contributed by atoms with Gasteiger partial charge in [0.1, 0.15) is 10.6 Å². The predicted molar refractivity (Wildman–Crippen MR) is 103 cm³/mol. The Hall–Kier alpha value is -2.86. The van der Waals surface area contributed by atoms with Crippen LogP contribution in [-0.4, -0.2) is 27.0 Å². The van der Waals surface area contributed by atoms with Crippen molar-refractivity contribution in [2.24, 2.45) is 0 Å². The first-order valence-electron chi connectivity index (χ1n) is 8.40. The summed E-state index contributed by atoms with van der Waals surface area (Å²) >= 11 is 1.55. The topological polar surface area (TPSA) is 49.0 Å². The van der Waals surface area contributed by atoms with Gasteiger partial charge in [0.15, 0.2) is 0 Å². The van der Waals surface area contributed by atoms with E-state index in [1.807, 2.05) is 42.9 Å². The van der Waals surface area contributed by atoms with Crippen LogP contribution in [0.2, 0.25) is 0 Å². The second-order valence-corrected chi connectivity index (χ2v) is 7.20. The normalized spacial score (nSPS) is 11.2. The molecule has 0 unspecified atom stereocenters. The molecule has 26 heavy (non-hydrogen) atoms. The van der Waals surface area contributed by atoms with Gasteiger partial charge in [0, 0.05) is 42.1 Å². The lowest BCUT2D eigenvalue weighted by molar-refractivity contribution is 0.104. The molecule has 0 fully saturated rings. The molecule has 0 amide bonds. The van der Waals surface area contributed by atoms with Gasteiger partial charge in [-0.2, -0.15) is 0 Å². The molecule has 132 valence electrons. The summed E-state index contributed by atoms with van der Waals surface area (Å²) in [6.07, 6.45) is 5.57. The number of fused-ring (bicyclic) bond motifs is 1. The summed E-state index contributed by atoms with van der Waals surface area (Å²) in [5.74, 6) is 0.798. The summed E-state index contributed by atoms with van der Waals surface area (Å²) < 4.78 is 9.48. The van der Waals surface area contributed by atoms with Crippen molar-refractivity contribution >= 4 is 27.3 Å². The molecule has 3 aromatic heterocycles. The van der Waals surface area contributed by atoms with Gasteiger partial charge in [-0.3, -0.25) is 4.79 Å². The minimum absolute atomic E-state index is 0.0488. The molecule has 4 rings (SSSR count). The quantitative estimate of drug-likeness (QED) is 0.482. The van der Waals surface area contributed by atoms with Crippen molar-refractivity contribution in [1.82, 2.24) is 14.1 Å². The van der Waals surface area contributed by atoms with Crippen molar-refractivity contribution in [1.29, 1.82) is 0 Å². The zero-order chi connectivity index (χ0) is 18.1. The highest BCUT2D eigenvalue weighted by atomic mass is 32.1. The molecule has 5 nitrogen and oxygen atoms in total. The van der Waals surface area contributed by atoms with Crippen LogP contribution in [0.3, 0.4) is 0 Å². The van der Waals surface area contributed by atoms with Gasteiger partial charge in [-0.25, -0.2) is 4.98 Å². The van der Waals surface area contributed by atoms with Gasteiger partial charge in [0.2, 0.25) is 5.78 Å². The summed E-state index contributed by atoms with van der Waals surface area (Å²) in [7, 11) is 1.62. The first-order chi connectivity index (χ1) is 12.7. The lowest BCUT2D eigenvalue weighted by atomic mass is 10.1. The molecular weight excluding hydrogens is 346 g/mol. The van der Waals surface area contributed by atoms with E-state index in [1.165, 1.54) is 5.69 Å². The van der Waals surface area contributed by atoms with Crippen LogP contribution in [0.5, 0.6) is 5.75 Å². The number of carbonyl (C=O) groups is 1. The molecular formula is C20H19N3O2S. The first-order valence-corrected chi connectivity index (χ1v) is 9.21. The molecule has 0 saturated heterocycles. The first kappa shape index (κ1) is 16.6. The molecule has 4 aromatic rings. The molecule has 0 N–H and O–H groups in total. The largest absolute Gasteiger partial charge is 0.497 e. The molecule has 0 atom stereocenters. The SMILES string of the molecule is COc1ccc(C(=O)c2cc3cc(C)n(CCn4ccnc4)c3s2)cc1. The predicted octanol–water partition coefficient (Wildman–Crippen LogP) is 4.15. The molecule has 0 radical (unpaired) electrons. The van der Waals surface area contributed by atoms with E-state index in [-0.39, 0.29) is 5.78 Å². The van der Waals surface area contributed by atoms with E-state index in [0.717, 1.165) is 33.9 Å². The van der Waals surface area contributed by atoms with Crippen molar-refractivity contribution in [3.63, 3.8) is 0 Å². The van der Waals surface area contributed by atoms with E-state index in [9.17, 15) is 4.79 Å². The average molecular weight is 365 g/mol. The van der Waals surface area contributed by atoms with Crippen molar-refractivity contribution < 1.29 is 9.53 Å². The highest BCUT2D eigenvalue weighted by molar-refractivity contribution is 7.20. The fraction of sp³-hybridized carbons (Fsp3) is 0.200. The molecule has 0 aliphatic carbocycles. The Balaban J connectivity index is 1.61.